The van der Waals surface area contributed by atoms with Crippen LogP contribution in [0.15, 0.2) is 5.38 Å². The van der Waals surface area contributed by atoms with Crippen molar-refractivity contribution in [3.63, 3.8) is 0 Å². The van der Waals surface area contributed by atoms with Crippen LogP contribution in [0.25, 0.3) is 0 Å². The highest BCUT2D eigenvalue weighted by atomic mass is 32.1. The molecule has 1 aliphatic carbocycles. The maximum absolute atomic E-state index is 5.25. The van der Waals surface area contributed by atoms with Gasteiger partial charge in [-0.1, -0.05) is 6.92 Å². The number of nitrogens with zero attached hydrogens (tertiary/aromatic N) is 2. The van der Waals surface area contributed by atoms with Crippen LogP contribution in [0.2, 0.25) is 0 Å². The van der Waals surface area contributed by atoms with Crippen LogP contribution < -0.4 is 10.2 Å². The van der Waals surface area contributed by atoms with Crippen molar-refractivity contribution in [2.24, 2.45) is 5.92 Å². The minimum atomic E-state index is 0.577. The van der Waals surface area contributed by atoms with Crippen molar-refractivity contribution in [2.45, 2.75) is 45.7 Å². The number of hydrogen-bond acceptors (Lipinski definition) is 5. The molecule has 1 aromatic rings. The Kier molecular flexibility index (Phi) is 6.26. The van der Waals surface area contributed by atoms with Gasteiger partial charge < -0.3 is 15.0 Å². The fourth-order valence-electron chi connectivity index (χ4n) is 2.40. The zero-order valence-corrected chi connectivity index (χ0v) is 13.7. The average molecular weight is 297 g/mol. The van der Waals surface area contributed by atoms with Crippen LogP contribution >= 0.6 is 11.3 Å². The van der Waals surface area contributed by atoms with E-state index in [0.717, 1.165) is 49.4 Å². The van der Waals surface area contributed by atoms with Crippen molar-refractivity contribution < 1.29 is 4.74 Å². The van der Waals surface area contributed by atoms with E-state index >= 15 is 0 Å². The summed E-state index contributed by atoms with van der Waals surface area (Å²) in [6.07, 6.45) is 3.89. The lowest BCUT2D eigenvalue weighted by molar-refractivity contribution is 0.202. The molecule has 0 saturated heterocycles. The first kappa shape index (κ1) is 15.7. The fraction of sp³-hybridized carbons (Fsp3) is 0.800. The van der Waals surface area contributed by atoms with E-state index in [1.54, 1.807) is 18.4 Å². The number of aromatic nitrogens is 1. The molecule has 0 aliphatic heterocycles. The summed E-state index contributed by atoms with van der Waals surface area (Å²) in [6, 6.07) is 0.577. The summed E-state index contributed by atoms with van der Waals surface area (Å²) >= 11 is 1.76. The Labute approximate surface area is 126 Å². The quantitative estimate of drug-likeness (QED) is 0.674. The minimum absolute atomic E-state index is 0.577. The Morgan fingerprint density at radius 1 is 1.55 bits per heavy atom. The zero-order chi connectivity index (χ0) is 14.4. The van der Waals surface area contributed by atoms with Crippen LogP contribution in [-0.4, -0.2) is 37.8 Å². The number of anilines is 1. The van der Waals surface area contributed by atoms with Crippen molar-refractivity contribution in [2.75, 3.05) is 31.7 Å². The van der Waals surface area contributed by atoms with Gasteiger partial charge in [-0.05, 0) is 38.6 Å². The van der Waals surface area contributed by atoms with E-state index in [-0.39, 0.29) is 0 Å². The molecule has 0 radical (unpaired) electrons. The summed E-state index contributed by atoms with van der Waals surface area (Å²) < 4.78 is 5.25. The molecule has 5 heteroatoms. The Morgan fingerprint density at radius 3 is 3.00 bits per heavy atom. The number of thiazole rings is 1. The molecular weight excluding hydrogens is 270 g/mol. The van der Waals surface area contributed by atoms with E-state index in [2.05, 4.69) is 29.4 Å². The third kappa shape index (κ3) is 4.43. The second kappa shape index (κ2) is 7.96. The van der Waals surface area contributed by atoms with Gasteiger partial charge in [0.2, 0.25) is 0 Å². The predicted octanol–water partition coefficient (Wildman–Crippen LogP) is 2.89. The predicted molar refractivity (Wildman–Crippen MR) is 85.5 cm³/mol. The maximum Gasteiger partial charge on any atom is 0.185 e. The molecule has 1 saturated carbocycles. The topological polar surface area (TPSA) is 37.4 Å². The largest absolute Gasteiger partial charge is 0.383 e. The van der Waals surface area contributed by atoms with Crippen molar-refractivity contribution in [3.05, 3.63) is 11.1 Å². The van der Waals surface area contributed by atoms with Gasteiger partial charge in [-0.3, -0.25) is 0 Å². The highest BCUT2D eigenvalue weighted by molar-refractivity contribution is 7.13. The van der Waals surface area contributed by atoms with Crippen LogP contribution in [-0.2, 0) is 11.3 Å². The molecule has 114 valence electrons. The Morgan fingerprint density at radius 2 is 2.35 bits per heavy atom. The van der Waals surface area contributed by atoms with E-state index in [1.165, 1.54) is 12.8 Å². The van der Waals surface area contributed by atoms with Crippen LogP contribution in [0.5, 0.6) is 0 Å². The Balaban J connectivity index is 1.96. The van der Waals surface area contributed by atoms with Crippen molar-refractivity contribution in [1.82, 2.24) is 10.3 Å². The van der Waals surface area contributed by atoms with E-state index in [1.807, 2.05) is 0 Å². The first-order chi connectivity index (χ1) is 9.76. The third-order valence-corrected chi connectivity index (χ3v) is 4.78. The summed E-state index contributed by atoms with van der Waals surface area (Å²) in [6.45, 7) is 8.13. The van der Waals surface area contributed by atoms with Gasteiger partial charge in [0.25, 0.3) is 0 Å². The third-order valence-electron chi connectivity index (χ3n) is 3.85. The lowest BCUT2D eigenvalue weighted by atomic mass is 10.2. The molecule has 0 spiro atoms. The van der Waals surface area contributed by atoms with E-state index < -0.39 is 0 Å². The van der Waals surface area contributed by atoms with Crippen LogP contribution in [0.3, 0.4) is 0 Å². The SMILES string of the molecule is CCCNCc1csc(N(CCOC)C(C)C2CC2)n1. The highest BCUT2D eigenvalue weighted by Crippen LogP contribution is 2.37. The molecule has 1 aromatic heterocycles. The van der Waals surface area contributed by atoms with Crippen molar-refractivity contribution in [3.8, 4) is 0 Å². The highest BCUT2D eigenvalue weighted by Gasteiger charge is 2.33. The molecule has 0 amide bonds. The number of methoxy groups -OCH3 is 1. The molecule has 1 atom stereocenters. The number of nitrogens with one attached hydrogen (secondary N) is 1. The first-order valence-corrected chi connectivity index (χ1v) is 8.55. The lowest BCUT2D eigenvalue weighted by Gasteiger charge is -2.28. The van der Waals surface area contributed by atoms with Gasteiger partial charge in [-0.25, -0.2) is 4.98 Å². The molecule has 4 nitrogen and oxygen atoms in total. The monoisotopic (exact) mass is 297 g/mol. The molecule has 0 aromatic carbocycles. The molecule has 0 bridgehead atoms. The molecule has 1 fully saturated rings. The maximum atomic E-state index is 5.25. The summed E-state index contributed by atoms with van der Waals surface area (Å²) in [5.41, 5.74) is 1.16. The molecule has 1 unspecified atom stereocenters. The smallest absolute Gasteiger partial charge is 0.185 e. The van der Waals surface area contributed by atoms with Crippen LogP contribution in [0, 0.1) is 5.92 Å². The molecule has 1 heterocycles. The molecule has 20 heavy (non-hydrogen) atoms. The Hall–Kier alpha value is -0.650. The summed E-state index contributed by atoms with van der Waals surface area (Å²) in [4.78, 5) is 7.22. The molecule has 1 aliphatic rings. The number of ether oxygens (including phenoxy) is 1. The Bertz CT molecular complexity index is 392. The normalized spacial score (nSPS) is 16.4. The number of hydrogen-bond donors (Lipinski definition) is 1. The minimum Gasteiger partial charge on any atom is -0.383 e. The van der Waals surface area contributed by atoms with Gasteiger partial charge in [-0.15, -0.1) is 11.3 Å². The van der Waals surface area contributed by atoms with E-state index in [4.69, 9.17) is 9.72 Å². The molecule has 2 rings (SSSR count). The molecular formula is C15H27N3OS. The van der Waals surface area contributed by atoms with Gasteiger partial charge in [0.05, 0.1) is 12.3 Å². The lowest BCUT2D eigenvalue weighted by Crippen LogP contribution is -2.37. The first-order valence-electron chi connectivity index (χ1n) is 7.67. The van der Waals surface area contributed by atoms with Gasteiger partial charge in [0.15, 0.2) is 5.13 Å². The fourth-order valence-corrected chi connectivity index (χ4v) is 3.34. The standard InChI is InChI=1S/C15H27N3OS/c1-4-7-16-10-14-11-20-15(17-14)18(8-9-19-3)12(2)13-5-6-13/h11-13,16H,4-10H2,1-3H3. The average Bonchev–Trinajstić information content (AvgIpc) is 3.20. The van der Waals surface area contributed by atoms with Gasteiger partial charge >= 0.3 is 0 Å². The summed E-state index contributed by atoms with van der Waals surface area (Å²) in [5.74, 6) is 0.845. The van der Waals surface area contributed by atoms with Gasteiger partial charge in [-0.2, -0.15) is 0 Å². The van der Waals surface area contributed by atoms with Crippen LogP contribution in [0.1, 0.15) is 38.8 Å². The zero-order valence-electron chi connectivity index (χ0n) is 12.9. The van der Waals surface area contributed by atoms with Crippen molar-refractivity contribution >= 4 is 16.5 Å². The van der Waals surface area contributed by atoms with Gasteiger partial charge in [0, 0.05) is 31.6 Å². The van der Waals surface area contributed by atoms with Gasteiger partial charge in [0.1, 0.15) is 0 Å². The molecule has 1 N–H and O–H groups in total. The van der Waals surface area contributed by atoms with E-state index in [9.17, 15) is 0 Å². The summed E-state index contributed by atoms with van der Waals surface area (Å²) in [5, 5.41) is 6.74. The second-order valence-corrected chi connectivity index (χ2v) is 6.40. The number of rotatable bonds is 10. The second-order valence-electron chi connectivity index (χ2n) is 5.56. The van der Waals surface area contributed by atoms with Crippen LogP contribution in [0.4, 0.5) is 5.13 Å². The summed E-state index contributed by atoms with van der Waals surface area (Å²) in [7, 11) is 1.77. The van der Waals surface area contributed by atoms with Crippen molar-refractivity contribution in [1.29, 1.82) is 0 Å². The van der Waals surface area contributed by atoms with E-state index in [0.29, 0.717) is 6.04 Å².